The minimum absolute atomic E-state index is 0.0218. The molecule has 1 fully saturated rings. The Kier molecular flexibility index (Phi) is 3.26. The van der Waals surface area contributed by atoms with Gasteiger partial charge in [-0.25, -0.2) is 4.39 Å². The normalized spacial score (nSPS) is 20.2. The zero-order valence-electron chi connectivity index (χ0n) is 9.75. The van der Waals surface area contributed by atoms with Crippen molar-refractivity contribution < 1.29 is 4.39 Å². The lowest BCUT2D eigenvalue weighted by atomic mass is 9.88. The first-order valence-electron chi connectivity index (χ1n) is 5.84. The summed E-state index contributed by atoms with van der Waals surface area (Å²) in [7, 11) is 0. The van der Waals surface area contributed by atoms with Crippen LogP contribution in [0.25, 0.3) is 0 Å². The van der Waals surface area contributed by atoms with E-state index in [4.69, 9.17) is 5.73 Å². The third-order valence-corrected chi connectivity index (χ3v) is 3.53. The Morgan fingerprint density at radius 2 is 2.19 bits per heavy atom. The molecule has 1 aromatic rings. The molecule has 0 spiro atoms. The van der Waals surface area contributed by atoms with Gasteiger partial charge in [0.1, 0.15) is 5.82 Å². The van der Waals surface area contributed by atoms with E-state index in [2.05, 4.69) is 11.8 Å². The molecule has 0 radical (unpaired) electrons. The maximum atomic E-state index is 13.1. The van der Waals surface area contributed by atoms with Crippen LogP contribution in [0.3, 0.4) is 0 Å². The number of hydrogen-bond acceptors (Lipinski definition) is 2. The lowest BCUT2D eigenvalue weighted by Gasteiger charge is -2.46. The first-order valence-corrected chi connectivity index (χ1v) is 5.84. The van der Waals surface area contributed by atoms with Gasteiger partial charge in [-0.3, -0.25) is 4.90 Å². The first kappa shape index (κ1) is 11.6. The number of nitrogens with zero attached hydrogens (tertiary/aromatic N) is 1. The average molecular weight is 222 g/mol. The number of hydrogen-bond donors (Lipinski definition) is 1. The summed E-state index contributed by atoms with van der Waals surface area (Å²) in [4.78, 5) is 2.39. The highest BCUT2D eigenvalue weighted by Gasteiger charge is 2.34. The number of halogens is 1. The smallest absolute Gasteiger partial charge is 0.123 e. The van der Waals surface area contributed by atoms with Crippen molar-refractivity contribution in [1.82, 2.24) is 4.90 Å². The van der Waals surface area contributed by atoms with Gasteiger partial charge in [0.05, 0.1) is 0 Å². The highest BCUT2D eigenvalue weighted by atomic mass is 19.1. The van der Waals surface area contributed by atoms with Crippen molar-refractivity contribution in [3.05, 3.63) is 35.6 Å². The van der Waals surface area contributed by atoms with Crippen LogP contribution >= 0.6 is 0 Å². The van der Waals surface area contributed by atoms with E-state index in [9.17, 15) is 4.39 Å². The molecule has 1 aliphatic rings. The summed E-state index contributed by atoms with van der Waals surface area (Å²) in [6.07, 6.45) is 2.07. The van der Waals surface area contributed by atoms with Gasteiger partial charge in [-0.15, -0.1) is 0 Å². The van der Waals surface area contributed by atoms with Gasteiger partial charge in [0.25, 0.3) is 0 Å². The van der Waals surface area contributed by atoms with Crippen molar-refractivity contribution in [2.75, 3.05) is 19.6 Å². The standard InChI is InChI=1S/C13H19FN2/c1-13(10-15,16-6-3-7-16)9-11-4-2-5-12(14)8-11/h2,4-5,8H,3,6-7,9-10,15H2,1H3. The molecule has 16 heavy (non-hydrogen) atoms. The van der Waals surface area contributed by atoms with Crippen molar-refractivity contribution >= 4 is 0 Å². The van der Waals surface area contributed by atoms with Crippen LogP contribution in [0.4, 0.5) is 4.39 Å². The Balaban J connectivity index is 2.11. The monoisotopic (exact) mass is 222 g/mol. The Morgan fingerprint density at radius 1 is 1.44 bits per heavy atom. The van der Waals surface area contributed by atoms with Crippen molar-refractivity contribution in [3.8, 4) is 0 Å². The number of benzene rings is 1. The summed E-state index contributed by atoms with van der Waals surface area (Å²) in [5, 5.41) is 0. The first-order chi connectivity index (χ1) is 7.64. The molecule has 1 aromatic carbocycles. The largest absolute Gasteiger partial charge is 0.329 e. The van der Waals surface area contributed by atoms with E-state index in [0.717, 1.165) is 25.1 Å². The van der Waals surface area contributed by atoms with Gasteiger partial charge in [0.15, 0.2) is 0 Å². The van der Waals surface area contributed by atoms with Crippen LogP contribution < -0.4 is 5.73 Å². The fourth-order valence-electron chi connectivity index (χ4n) is 2.26. The van der Waals surface area contributed by atoms with Gasteiger partial charge in [0, 0.05) is 12.1 Å². The summed E-state index contributed by atoms with van der Waals surface area (Å²) in [6.45, 7) is 5.01. The number of rotatable bonds is 4. The Labute approximate surface area is 96.2 Å². The van der Waals surface area contributed by atoms with Gasteiger partial charge in [-0.2, -0.15) is 0 Å². The van der Waals surface area contributed by atoms with Crippen LogP contribution in [0.1, 0.15) is 18.9 Å². The second-order valence-corrected chi connectivity index (χ2v) is 4.85. The molecular formula is C13H19FN2. The van der Waals surface area contributed by atoms with Crippen molar-refractivity contribution in [1.29, 1.82) is 0 Å². The summed E-state index contributed by atoms with van der Waals surface area (Å²) < 4.78 is 13.1. The van der Waals surface area contributed by atoms with Crippen molar-refractivity contribution in [3.63, 3.8) is 0 Å². The SMILES string of the molecule is CC(CN)(Cc1cccc(F)c1)N1CCC1. The molecule has 88 valence electrons. The molecular weight excluding hydrogens is 203 g/mol. The maximum absolute atomic E-state index is 13.1. The van der Waals surface area contributed by atoms with Crippen LogP contribution in [-0.4, -0.2) is 30.1 Å². The van der Waals surface area contributed by atoms with E-state index < -0.39 is 0 Å². The van der Waals surface area contributed by atoms with Crippen molar-refractivity contribution in [2.45, 2.75) is 25.3 Å². The van der Waals surface area contributed by atoms with Crippen LogP contribution in [0.15, 0.2) is 24.3 Å². The van der Waals surface area contributed by atoms with E-state index in [0.29, 0.717) is 6.54 Å². The Morgan fingerprint density at radius 3 is 2.69 bits per heavy atom. The summed E-state index contributed by atoms with van der Waals surface area (Å²) in [5.74, 6) is -0.166. The van der Waals surface area contributed by atoms with Crippen LogP contribution in [0, 0.1) is 5.82 Å². The van der Waals surface area contributed by atoms with Gasteiger partial charge < -0.3 is 5.73 Å². The van der Waals surface area contributed by atoms with E-state index in [-0.39, 0.29) is 11.4 Å². The van der Waals surface area contributed by atoms with Gasteiger partial charge in [0.2, 0.25) is 0 Å². The molecule has 0 saturated carbocycles. The predicted octanol–water partition coefficient (Wildman–Crippen LogP) is 1.79. The second-order valence-electron chi connectivity index (χ2n) is 4.85. The molecule has 1 heterocycles. The molecule has 0 bridgehead atoms. The fraction of sp³-hybridized carbons (Fsp3) is 0.538. The second kappa shape index (κ2) is 4.52. The zero-order chi connectivity index (χ0) is 11.6. The molecule has 1 saturated heterocycles. The van der Waals surface area contributed by atoms with Gasteiger partial charge in [-0.1, -0.05) is 12.1 Å². The molecule has 2 rings (SSSR count). The lowest BCUT2D eigenvalue weighted by Crippen LogP contribution is -2.58. The summed E-state index contributed by atoms with van der Waals surface area (Å²) in [6, 6.07) is 6.81. The van der Waals surface area contributed by atoms with E-state index in [1.165, 1.54) is 12.5 Å². The van der Waals surface area contributed by atoms with Gasteiger partial charge in [-0.05, 0) is 50.6 Å². The van der Waals surface area contributed by atoms with Gasteiger partial charge >= 0.3 is 0 Å². The number of nitrogens with two attached hydrogens (primary N) is 1. The molecule has 2 nitrogen and oxygen atoms in total. The van der Waals surface area contributed by atoms with Crippen LogP contribution in [0.2, 0.25) is 0 Å². The van der Waals surface area contributed by atoms with E-state index >= 15 is 0 Å². The number of likely N-dealkylation sites (tertiary alicyclic amines) is 1. The summed E-state index contributed by atoms with van der Waals surface area (Å²) in [5.41, 5.74) is 6.87. The molecule has 0 aromatic heterocycles. The molecule has 3 heteroatoms. The molecule has 1 atom stereocenters. The predicted molar refractivity (Wildman–Crippen MR) is 63.8 cm³/mol. The average Bonchev–Trinajstić information content (AvgIpc) is 2.14. The quantitative estimate of drug-likeness (QED) is 0.841. The van der Waals surface area contributed by atoms with Crippen LogP contribution in [0.5, 0.6) is 0 Å². The molecule has 0 aliphatic carbocycles. The highest BCUT2D eigenvalue weighted by molar-refractivity contribution is 5.19. The Bertz CT molecular complexity index is 363. The molecule has 1 unspecified atom stereocenters. The third-order valence-electron chi connectivity index (χ3n) is 3.53. The lowest BCUT2D eigenvalue weighted by molar-refractivity contribution is 0.0480. The Hall–Kier alpha value is -0.930. The molecule has 1 aliphatic heterocycles. The zero-order valence-corrected chi connectivity index (χ0v) is 9.75. The highest BCUT2D eigenvalue weighted by Crippen LogP contribution is 2.25. The fourth-order valence-corrected chi connectivity index (χ4v) is 2.26. The molecule has 2 N–H and O–H groups in total. The molecule has 0 amide bonds. The minimum Gasteiger partial charge on any atom is -0.329 e. The maximum Gasteiger partial charge on any atom is 0.123 e. The van der Waals surface area contributed by atoms with Crippen LogP contribution in [-0.2, 0) is 6.42 Å². The van der Waals surface area contributed by atoms with E-state index in [1.807, 2.05) is 6.07 Å². The summed E-state index contributed by atoms with van der Waals surface area (Å²) >= 11 is 0. The third kappa shape index (κ3) is 2.25. The topological polar surface area (TPSA) is 29.3 Å². The van der Waals surface area contributed by atoms with Crippen molar-refractivity contribution in [2.24, 2.45) is 5.73 Å². The minimum atomic E-state index is -0.166. The van der Waals surface area contributed by atoms with E-state index in [1.54, 1.807) is 12.1 Å².